The van der Waals surface area contributed by atoms with Crippen molar-refractivity contribution in [3.8, 4) is 11.5 Å². The minimum absolute atomic E-state index is 0.0508. The minimum Gasteiger partial charge on any atom is -0.497 e. The number of hydrogen-bond acceptors (Lipinski definition) is 4. The molecule has 6 heteroatoms. The summed E-state index contributed by atoms with van der Waals surface area (Å²) >= 11 is 0. The number of carbonyl (C=O) groups excluding carboxylic acids is 1. The predicted molar refractivity (Wildman–Crippen MR) is 106 cm³/mol. The fraction of sp³-hybridized carbons (Fsp3) is 0.409. The third kappa shape index (κ3) is 4.81. The Kier molecular flexibility index (Phi) is 6.87. The number of carbonyl (C=O) groups is 1. The molecule has 0 unspecified atom stereocenters. The zero-order valence-corrected chi connectivity index (χ0v) is 16.4. The molecule has 1 fully saturated rings. The van der Waals surface area contributed by atoms with Gasteiger partial charge in [-0.1, -0.05) is 18.2 Å². The fourth-order valence-corrected chi connectivity index (χ4v) is 3.75. The molecule has 0 aliphatic carbocycles. The van der Waals surface area contributed by atoms with Crippen molar-refractivity contribution in [1.82, 2.24) is 10.2 Å². The van der Waals surface area contributed by atoms with Crippen LogP contribution in [0.4, 0.5) is 4.39 Å². The highest BCUT2D eigenvalue weighted by atomic mass is 19.1. The lowest BCUT2D eigenvalue weighted by atomic mass is 10.0. The Bertz CT molecular complexity index is 812. The lowest BCUT2D eigenvalue weighted by Gasteiger charge is -2.26. The van der Waals surface area contributed by atoms with E-state index < -0.39 is 0 Å². The average molecular weight is 386 g/mol. The van der Waals surface area contributed by atoms with E-state index in [-0.39, 0.29) is 17.8 Å². The van der Waals surface area contributed by atoms with Gasteiger partial charge in [-0.05, 0) is 55.6 Å². The number of ether oxygens (including phenoxy) is 2. The summed E-state index contributed by atoms with van der Waals surface area (Å²) in [6.45, 7) is 1.58. The van der Waals surface area contributed by atoms with Crippen molar-refractivity contribution >= 4 is 5.91 Å². The first-order valence-corrected chi connectivity index (χ1v) is 9.58. The Morgan fingerprint density at radius 2 is 2.04 bits per heavy atom. The van der Waals surface area contributed by atoms with E-state index >= 15 is 0 Å². The largest absolute Gasteiger partial charge is 0.497 e. The number of hydrogen-bond donors (Lipinski definition) is 1. The van der Waals surface area contributed by atoms with E-state index in [1.807, 2.05) is 18.2 Å². The summed E-state index contributed by atoms with van der Waals surface area (Å²) in [4.78, 5) is 14.6. The molecule has 150 valence electrons. The molecule has 0 saturated carbocycles. The van der Waals surface area contributed by atoms with Crippen LogP contribution in [0.3, 0.4) is 0 Å². The van der Waals surface area contributed by atoms with Crippen LogP contribution in [0.15, 0.2) is 42.5 Å². The molecule has 0 spiro atoms. The predicted octanol–water partition coefficient (Wildman–Crippen LogP) is 3.34. The molecule has 0 aromatic heterocycles. The first kappa shape index (κ1) is 20.1. The van der Waals surface area contributed by atoms with Gasteiger partial charge < -0.3 is 14.8 Å². The highest BCUT2D eigenvalue weighted by molar-refractivity contribution is 5.78. The smallest absolute Gasteiger partial charge is 0.234 e. The molecule has 3 rings (SSSR count). The van der Waals surface area contributed by atoms with Crippen LogP contribution in [0.2, 0.25) is 0 Å². The van der Waals surface area contributed by atoms with E-state index in [2.05, 4.69) is 10.2 Å². The van der Waals surface area contributed by atoms with Gasteiger partial charge in [0.2, 0.25) is 5.91 Å². The summed E-state index contributed by atoms with van der Waals surface area (Å²) in [7, 11) is 3.29. The number of nitrogens with one attached hydrogen (secondary N) is 1. The van der Waals surface area contributed by atoms with E-state index in [4.69, 9.17) is 9.47 Å². The number of rotatable bonds is 8. The van der Waals surface area contributed by atoms with E-state index in [1.54, 1.807) is 32.4 Å². The summed E-state index contributed by atoms with van der Waals surface area (Å²) in [5.41, 5.74) is 1.65. The molecule has 2 aromatic carbocycles. The van der Waals surface area contributed by atoms with Crippen LogP contribution in [0, 0.1) is 5.82 Å². The third-order valence-corrected chi connectivity index (χ3v) is 5.18. The van der Waals surface area contributed by atoms with E-state index in [1.165, 1.54) is 6.07 Å². The van der Waals surface area contributed by atoms with Crippen LogP contribution in [0.1, 0.15) is 30.0 Å². The van der Waals surface area contributed by atoms with Crippen LogP contribution in [-0.2, 0) is 11.2 Å². The van der Waals surface area contributed by atoms with Crippen molar-refractivity contribution in [3.05, 3.63) is 59.4 Å². The van der Waals surface area contributed by atoms with E-state index in [9.17, 15) is 9.18 Å². The van der Waals surface area contributed by atoms with Crippen LogP contribution in [-0.4, -0.2) is 44.7 Å². The summed E-state index contributed by atoms with van der Waals surface area (Å²) < 4.78 is 24.5. The third-order valence-electron chi connectivity index (χ3n) is 5.18. The fourth-order valence-electron chi connectivity index (χ4n) is 3.75. The van der Waals surface area contributed by atoms with E-state index in [0.29, 0.717) is 25.1 Å². The van der Waals surface area contributed by atoms with Crippen molar-refractivity contribution in [3.63, 3.8) is 0 Å². The van der Waals surface area contributed by atoms with Gasteiger partial charge in [-0.15, -0.1) is 0 Å². The SMILES string of the molecule is COc1ccc(OC)c([C@@H]2CCCN2CC(=O)NCCc2ccccc2F)c1. The topological polar surface area (TPSA) is 50.8 Å². The van der Waals surface area contributed by atoms with Crippen molar-refractivity contribution in [1.29, 1.82) is 0 Å². The maximum absolute atomic E-state index is 13.7. The van der Waals surface area contributed by atoms with Crippen molar-refractivity contribution in [2.24, 2.45) is 0 Å². The van der Waals surface area contributed by atoms with Gasteiger partial charge in [0.25, 0.3) is 0 Å². The van der Waals surface area contributed by atoms with Crippen molar-refractivity contribution < 1.29 is 18.7 Å². The molecule has 1 aliphatic rings. The van der Waals surface area contributed by atoms with Gasteiger partial charge in [0.1, 0.15) is 17.3 Å². The maximum Gasteiger partial charge on any atom is 0.234 e. The molecule has 5 nitrogen and oxygen atoms in total. The molecule has 0 bridgehead atoms. The molecule has 1 N–H and O–H groups in total. The first-order chi connectivity index (χ1) is 13.6. The Labute approximate surface area is 165 Å². The number of nitrogens with zero attached hydrogens (tertiary/aromatic N) is 1. The zero-order chi connectivity index (χ0) is 19.9. The van der Waals surface area contributed by atoms with Crippen LogP contribution in [0.25, 0.3) is 0 Å². The van der Waals surface area contributed by atoms with Crippen LogP contribution in [0.5, 0.6) is 11.5 Å². The van der Waals surface area contributed by atoms with E-state index in [0.717, 1.165) is 36.4 Å². The Morgan fingerprint density at radius 3 is 2.79 bits per heavy atom. The molecule has 0 radical (unpaired) electrons. The lowest BCUT2D eigenvalue weighted by Crippen LogP contribution is -2.37. The second kappa shape index (κ2) is 9.55. The summed E-state index contributed by atoms with van der Waals surface area (Å²) in [5.74, 6) is 1.29. The second-order valence-corrected chi connectivity index (χ2v) is 6.93. The van der Waals surface area contributed by atoms with Gasteiger partial charge in [-0.3, -0.25) is 9.69 Å². The number of likely N-dealkylation sites (tertiary alicyclic amines) is 1. The molecule has 1 atom stereocenters. The molecular weight excluding hydrogens is 359 g/mol. The Morgan fingerprint density at radius 1 is 1.21 bits per heavy atom. The van der Waals surface area contributed by atoms with Crippen molar-refractivity contribution in [2.45, 2.75) is 25.3 Å². The summed E-state index contributed by atoms with van der Waals surface area (Å²) in [6, 6.07) is 12.5. The number of methoxy groups -OCH3 is 2. The number of amides is 1. The van der Waals surface area contributed by atoms with Gasteiger partial charge in [0.15, 0.2) is 0 Å². The van der Waals surface area contributed by atoms with Crippen molar-refractivity contribution in [2.75, 3.05) is 33.9 Å². The maximum atomic E-state index is 13.7. The molecule has 2 aromatic rings. The van der Waals surface area contributed by atoms with Crippen LogP contribution >= 0.6 is 0 Å². The van der Waals surface area contributed by atoms with Gasteiger partial charge in [-0.2, -0.15) is 0 Å². The quantitative estimate of drug-likeness (QED) is 0.756. The lowest BCUT2D eigenvalue weighted by molar-refractivity contribution is -0.122. The first-order valence-electron chi connectivity index (χ1n) is 9.58. The Hall–Kier alpha value is -2.60. The normalized spacial score (nSPS) is 16.8. The molecule has 1 heterocycles. The Balaban J connectivity index is 1.59. The molecule has 1 amide bonds. The van der Waals surface area contributed by atoms with Gasteiger partial charge in [0, 0.05) is 18.2 Å². The van der Waals surface area contributed by atoms with Gasteiger partial charge >= 0.3 is 0 Å². The monoisotopic (exact) mass is 386 g/mol. The highest BCUT2D eigenvalue weighted by Crippen LogP contribution is 2.38. The number of halogens is 1. The molecular formula is C22H27FN2O3. The zero-order valence-electron chi connectivity index (χ0n) is 16.4. The number of benzene rings is 2. The second-order valence-electron chi connectivity index (χ2n) is 6.93. The highest BCUT2D eigenvalue weighted by Gasteiger charge is 2.30. The summed E-state index contributed by atoms with van der Waals surface area (Å²) in [6.07, 6.45) is 2.46. The summed E-state index contributed by atoms with van der Waals surface area (Å²) in [5, 5.41) is 2.91. The van der Waals surface area contributed by atoms with Gasteiger partial charge in [0.05, 0.1) is 20.8 Å². The minimum atomic E-state index is -0.235. The molecule has 1 aliphatic heterocycles. The standard InChI is InChI=1S/C22H27FN2O3/c1-27-17-9-10-21(28-2)18(14-17)20-8-5-13-25(20)15-22(26)24-12-11-16-6-3-4-7-19(16)23/h3-4,6-7,9-10,14,20H,5,8,11-13,15H2,1-2H3,(H,24,26)/t20-/m0/s1. The molecule has 1 saturated heterocycles. The van der Waals surface area contributed by atoms with Gasteiger partial charge in [-0.25, -0.2) is 4.39 Å². The molecule has 28 heavy (non-hydrogen) atoms. The average Bonchev–Trinajstić information content (AvgIpc) is 3.16. The van der Waals surface area contributed by atoms with Crippen LogP contribution < -0.4 is 14.8 Å².